The van der Waals surface area contributed by atoms with Crippen molar-refractivity contribution in [2.45, 2.75) is 223 Å². The van der Waals surface area contributed by atoms with Gasteiger partial charge in [-0.15, -0.1) is 15.3 Å². The molecule has 0 amide bonds. The number of aliphatic hydroxyl groups excluding tert-OH is 8. The lowest BCUT2D eigenvalue weighted by molar-refractivity contribution is -0.0629. The van der Waals surface area contributed by atoms with Gasteiger partial charge < -0.3 is 76.1 Å². The van der Waals surface area contributed by atoms with Gasteiger partial charge in [0.1, 0.15) is 54.1 Å². The normalized spacial score (nSPS) is 37.3. The number of benzene rings is 3. The number of ether oxygens (including phenoxy) is 3. The summed E-state index contributed by atoms with van der Waals surface area (Å²) in [7, 11) is 0. The summed E-state index contributed by atoms with van der Waals surface area (Å²) >= 11 is 1.74. The van der Waals surface area contributed by atoms with Crippen LogP contribution in [0.4, 0.5) is 30.6 Å². The van der Waals surface area contributed by atoms with Crippen LogP contribution >= 0.6 is 35.3 Å². The van der Waals surface area contributed by atoms with Crippen molar-refractivity contribution in [1.82, 2.24) is 74.9 Å². The first-order valence-corrected chi connectivity index (χ1v) is 36.0. The van der Waals surface area contributed by atoms with Crippen LogP contribution in [0, 0.1) is 38.2 Å². The fraction of sp³-hybridized carbons (Fsp3) is 0.583. The number of halogens is 3. The number of thioether (sulfide) groups is 3. The summed E-state index contributed by atoms with van der Waals surface area (Å²) in [5.74, 6) is -10.6. The zero-order chi connectivity index (χ0) is 104. The van der Waals surface area contributed by atoms with E-state index in [9.17, 15) is 54.0 Å². The predicted octanol–water partition coefficient (Wildman–Crippen LogP) is 6.55. The Labute approximate surface area is 676 Å². The highest BCUT2D eigenvalue weighted by atomic mass is 32.2. The highest BCUT2D eigenvalue weighted by Gasteiger charge is 2.49. The number of nitrogens with zero attached hydrogens (tertiary/aromatic N) is 15. The van der Waals surface area contributed by atoms with Crippen molar-refractivity contribution < 1.29 is 116 Å². The number of anilines is 3. The van der Waals surface area contributed by atoms with Crippen molar-refractivity contribution in [3.05, 3.63) is 105 Å². The third kappa shape index (κ3) is 17.5. The fourth-order valence-electron chi connectivity index (χ4n) is 11.9. The first-order valence-electron chi connectivity index (χ1n) is 48.9. The molecule has 15 rings (SSSR count). The maximum absolute atomic E-state index is 14.8. The molecule has 6 saturated carbocycles. The van der Waals surface area contributed by atoms with Crippen LogP contribution in [0.2, 0.25) is 0 Å². The van der Waals surface area contributed by atoms with Gasteiger partial charge in [0.15, 0.2) is 66.4 Å². The van der Waals surface area contributed by atoms with Crippen LogP contribution in [0.25, 0.3) is 33.5 Å². The van der Waals surface area contributed by atoms with Crippen molar-refractivity contribution in [2.75, 3.05) is 72.6 Å². The molecule has 6 aliphatic carbocycles. The van der Waals surface area contributed by atoms with Crippen LogP contribution in [-0.4, -0.2) is 250 Å². The van der Waals surface area contributed by atoms with Crippen LogP contribution in [0.15, 0.2) is 69.9 Å². The summed E-state index contributed by atoms with van der Waals surface area (Å²) in [6.45, 7) is -3.18. The van der Waals surface area contributed by atoms with E-state index in [0.29, 0.717) is 5.75 Å². The lowest BCUT2D eigenvalue weighted by Gasteiger charge is -2.17. The summed E-state index contributed by atoms with van der Waals surface area (Å²) in [5, 5.41) is 124. The highest BCUT2D eigenvalue weighted by molar-refractivity contribution is 7.99. The van der Waals surface area contributed by atoms with Crippen LogP contribution in [-0.2, 0) is 14.2 Å². The van der Waals surface area contributed by atoms with E-state index in [1.54, 1.807) is 0 Å². The standard InChI is InChI=1S/3C24H31FN6O4S/c3*1-3-8-36-24-27-22(26-16-10-14(16)13-5-4-12(2)15(25)9-13)19-23(28-24)31(30-29-19)17-11-18(35-7-6-32)21(34)20(17)33/h3*4-5,9,14,16-18,20-21,32-34H,3,6-8,10-11H2,1-2H3,(H,26,27,28)/t3*14-,16+,17+,18-,20-,21+/m000/s1/i3D2,4D,5D,6D2,7D2,8D2,9D,14D,16D;3D2,4D,5D,7D2,8D2,9D,14D,16D;4D,5D,9D,10D2,14D,16D. The molecule has 582 valence electrons. The number of aromatic nitrogens is 15. The maximum atomic E-state index is 14.8. The molecule has 6 aromatic heterocycles. The molecule has 12 N–H and O–H groups in total. The third-order valence-electron chi connectivity index (χ3n) is 17.6. The lowest BCUT2D eigenvalue weighted by atomic mass is 10.1. The average molecular weight is 1590 g/mol. The monoisotopic (exact) mass is 1590 g/mol. The minimum atomic E-state index is -3.49. The van der Waals surface area contributed by atoms with Crippen LogP contribution in [0.1, 0.15) is 190 Å². The summed E-state index contributed by atoms with van der Waals surface area (Å²) in [6, 6.07) is -16.3. The number of aliphatic hydroxyl groups is 9. The number of rotatable bonds is 30. The van der Waals surface area contributed by atoms with Crippen LogP contribution < -0.4 is 16.0 Å². The number of fused-ring (bicyclic) bond motifs is 3. The zero-order valence-corrected chi connectivity index (χ0v) is 60.3. The predicted molar refractivity (Wildman–Crippen MR) is 398 cm³/mol. The van der Waals surface area contributed by atoms with Gasteiger partial charge in [0, 0.05) is 90.0 Å². The van der Waals surface area contributed by atoms with Gasteiger partial charge >= 0.3 is 0 Å². The molecule has 0 aliphatic heterocycles. The van der Waals surface area contributed by atoms with Crippen LogP contribution in [0.3, 0.4) is 0 Å². The van der Waals surface area contributed by atoms with Gasteiger partial charge in [-0.1, -0.05) is 108 Å². The summed E-state index contributed by atoms with van der Waals surface area (Å²) < 4.78 is 318. The Morgan fingerprint density at radius 1 is 0.500 bits per heavy atom. The van der Waals surface area contributed by atoms with E-state index in [2.05, 4.69) is 76.8 Å². The molecule has 6 fully saturated rings. The first-order chi connectivity index (χ1) is 63.8. The second-order valence-corrected chi connectivity index (χ2v) is 27.4. The summed E-state index contributed by atoms with van der Waals surface area (Å²) in [6.07, 6.45) is -21.5. The molecule has 0 bridgehead atoms. The minimum absolute atomic E-state index is 0.0487. The SMILES string of the molecule is [2H]c1c([2H])c([C@]2([2H])C([2H])([2H])[C@@]2([2H])Nc2nc(SCCC)nc3c2nnn3[C@@H]2C[C@H](OCCO)[C@@H](O)[C@H]2O)c([2H])c(F)c1C.[2H]c1c([2H])c([C@]2([2H])C[C@@]2([2H])Nc2nc(SC([2H])([2H])C([2H])([2H])C)nc3c2nnn3[C@@H]2C[C@H](OC([2H])([2H])C([2H])([2H])O)[C@@H](O)[C@H]2O)c([2H])c(F)c1C.[2H]c1c([2H])c([C@]2([2H])C[C@@]2([2H])Nc2nc(SC([2H])([2H])C([2H])([2H])C)nc3c2nnn3[C@@H]2C[C@H](OC([2H])([2H])CO)[C@@H](O)[C@H]2O)c([2H])c(F)c1C. The topological polar surface area (TPSA) is 415 Å². The Morgan fingerprint density at radius 3 is 1.26 bits per heavy atom. The van der Waals surface area contributed by atoms with E-state index >= 15 is 0 Å². The molecule has 0 radical (unpaired) electrons. The van der Waals surface area contributed by atoms with E-state index in [-0.39, 0.29) is 122 Å². The van der Waals surface area contributed by atoms with Gasteiger partial charge in [-0.3, -0.25) is 0 Å². The zero-order valence-electron chi connectivity index (χ0n) is 88.8. The molecule has 108 heavy (non-hydrogen) atoms. The van der Waals surface area contributed by atoms with Gasteiger partial charge in [0.2, 0.25) is 0 Å². The van der Waals surface area contributed by atoms with E-state index in [4.69, 9.17) is 61.8 Å². The molecule has 6 aliphatic rings. The Kier molecular flexibility index (Phi) is 15.8. The van der Waals surface area contributed by atoms with Gasteiger partial charge in [0.25, 0.3) is 0 Å². The molecule has 0 unspecified atom stereocenters. The molecular formula is C72H93F3N18O12S3. The smallest absolute Gasteiger partial charge is 0.191 e. The number of nitrogens with one attached hydrogen (secondary N) is 3. The molecule has 3 aromatic carbocycles. The molecule has 18 atom stereocenters. The first kappa shape index (κ1) is 48.6. The summed E-state index contributed by atoms with van der Waals surface area (Å²) in [4.78, 5) is 25.8. The second kappa shape index (κ2) is 35.1. The Bertz CT molecular complexity index is 6190. The van der Waals surface area contributed by atoms with Gasteiger partial charge in [-0.05, 0) is 111 Å². The Balaban J connectivity index is 0.000000176. The van der Waals surface area contributed by atoms with Crippen LogP contribution in [0.5, 0.6) is 0 Å². The van der Waals surface area contributed by atoms with E-state index < -0.39 is 284 Å². The average Bonchev–Trinajstić information content (AvgIpc) is 1.46. The third-order valence-corrected chi connectivity index (χ3v) is 20.0. The molecule has 9 aromatic rings. The van der Waals surface area contributed by atoms with Crippen molar-refractivity contribution >= 4 is 86.2 Å². The van der Waals surface area contributed by atoms with Gasteiger partial charge in [0.05, 0.1) is 101 Å². The van der Waals surface area contributed by atoms with Gasteiger partial charge in [-0.25, -0.2) is 57.1 Å². The van der Waals surface area contributed by atoms with Crippen molar-refractivity contribution in [3.63, 3.8) is 0 Å². The van der Waals surface area contributed by atoms with Crippen molar-refractivity contribution in [2.24, 2.45) is 0 Å². The fourth-order valence-corrected chi connectivity index (χ4v) is 13.5. The Morgan fingerprint density at radius 2 is 0.880 bits per heavy atom. The van der Waals surface area contributed by atoms with E-state index in [1.165, 1.54) is 37.2 Å². The molecular weight excluding hydrogens is 1460 g/mol. The van der Waals surface area contributed by atoms with Gasteiger partial charge in [-0.2, -0.15) is 0 Å². The number of hydrogen-bond acceptors (Lipinski definition) is 30. The van der Waals surface area contributed by atoms with E-state index in [1.807, 2.05) is 6.92 Å². The second-order valence-electron chi connectivity index (χ2n) is 24.8. The largest absolute Gasteiger partial charge is 0.394 e. The Hall–Kier alpha value is -7.14. The lowest BCUT2D eigenvalue weighted by Crippen LogP contribution is -2.33. The highest BCUT2D eigenvalue weighted by Crippen LogP contribution is 2.48. The van der Waals surface area contributed by atoms with E-state index in [0.717, 1.165) is 29.6 Å². The van der Waals surface area contributed by atoms with Crippen molar-refractivity contribution in [3.8, 4) is 0 Å². The molecule has 0 saturated heterocycles. The quantitative estimate of drug-likeness (QED) is 0.0168. The molecule has 6 heterocycles. The molecule has 0 spiro atoms. The summed E-state index contributed by atoms with van der Waals surface area (Å²) in [5.41, 5.74) is -8.72. The maximum Gasteiger partial charge on any atom is 0.191 e. The number of hydrogen-bond donors (Lipinski definition) is 12. The molecule has 30 nitrogen and oxygen atoms in total. The van der Waals surface area contributed by atoms with Crippen molar-refractivity contribution in [1.29, 1.82) is 0 Å². The minimum Gasteiger partial charge on any atom is -0.394 e. The molecule has 36 heteroatoms.